The maximum Gasteiger partial charge on any atom is 0.236 e. The van der Waals surface area contributed by atoms with Gasteiger partial charge in [-0.15, -0.1) is 0 Å². The van der Waals surface area contributed by atoms with Gasteiger partial charge in [0.1, 0.15) is 11.5 Å². The lowest BCUT2D eigenvalue weighted by Gasteiger charge is -2.27. The van der Waals surface area contributed by atoms with Gasteiger partial charge < -0.3 is 19.7 Å². The summed E-state index contributed by atoms with van der Waals surface area (Å²) >= 11 is 0. The van der Waals surface area contributed by atoms with Gasteiger partial charge in [-0.1, -0.05) is 0 Å². The number of ether oxygens (including phenoxy) is 2. The fourth-order valence-electron chi connectivity index (χ4n) is 1.99. The van der Waals surface area contributed by atoms with Crippen molar-refractivity contribution in [3.05, 3.63) is 23.8 Å². The van der Waals surface area contributed by atoms with Crippen LogP contribution in [0.25, 0.3) is 0 Å². The number of carbonyl (C=O) groups is 1. The fourth-order valence-corrected chi connectivity index (χ4v) is 1.99. The number of carbonyl (C=O) groups excluding carboxylic acids is 1. The van der Waals surface area contributed by atoms with Gasteiger partial charge in [0.15, 0.2) is 0 Å². The first-order chi connectivity index (χ1) is 8.72. The van der Waals surface area contributed by atoms with E-state index in [1.54, 1.807) is 14.2 Å². The molecule has 0 unspecified atom stereocenters. The number of rotatable bonds is 4. The summed E-state index contributed by atoms with van der Waals surface area (Å²) in [6.45, 7) is 2.58. The Balaban J connectivity index is 2.14. The number of hydrogen-bond donors (Lipinski definition) is 1. The minimum Gasteiger partial charge on any atom is -0.497 e. The molecule has 0 aromatic heterocycles. The number of amides is 1. The summed E-state index contributed by atoms with van der Waals surface area (Å²) in [5.74, 6) is 1.61. The molecule has 0 spiro atoms. The summed E-state index contributed by atoms with van der Waals surface area (Å²) in [6, 6.07) is 5.68. The zero-order valence-corrected chi connectivity index (χ0v) is 10.7. The van der Waals surface area contributed by atoms with E-state index < -0.39 is 0 Å². The van der Waals surface area contributed by atoms with Crippen molar-refractivity contribution in [2.24, 2.45) is 0 Å². The molecule has 1 aliphatic rings. The zero-order chi connectivity index (χ0) is 13.0. The van der Waals surface area contributed by atoms with E-state index in [0.29, 0.717) is 13.1 Å². The minimum atomic E-state index is 0.128. The highest BCUT2D eigenvalue weighted by atomic mass is 16.5. The Morgan fingerprint density at radius 3 is 2.44 bits per heavy atom. The van der Waals surface area contributed by atoms with Gasteiger partial charge in [-0.25, -0.2) is 0 Å². The molecule has 1 aromatic carbocycles. The van der Waals surface area contributed by atoms with Gasteiger partial charge in [0, 0.05) is 25.7 Å². The van der Waals surface area contributed by atoms with E-state index in [1.165, 1.54) is 0 Å². The molecule has 1 N–H and O–H groups in total. The molecule has 1 saturated heterocycles. The van der Waals surface area contributed by atoms with Crippen LogP contribution in [0.1, 0.15) is 5.56 Å². The van der Waals surface area contributed by atoms with Crippen LogP contribution in [0.3, 0.4) is 0 Å². The molecule has 18 heavy (non-hydrogen) atoms. The van der Waals surface area contributed by atoms with Crippen molar-refractivity contribution in [2.45, 2.75) is 6.54 Å². The topological polar surface area (TPSA) is 50.8 Å². The number of piperazine rings is 1. The van der Waals surface area contributed by atoms with Crippen molar-refractivity contribution >= 4 is 5.91 Å². The molecule has 0 bridgehead atoms. The van der Waals surface area contributed by atoms with Crippen LogP contribution in [0.4, 0.5) is 0 Å². The van der Waals surface area contributed by atoms with E-state index >= 15 is 0 Å². The van der Waals surface area contributed by atoms with Gasteiger partial charge in [0.25, 0.3) is 0 Å². The molecular weight excluding hydrogens is 232 g/mol. The molecule has 98 valence electrons. The second-order valence-corrected chi connectivity index (χ2v) is 4.21. The second kappa shape index (κ2) is 5.73. The Hall–Kier alpha value is -1.75. The highest BCUT2D eigenvalue weighted by molar-refractivity contribution is 5.79. The second-order valence-electron chi connectivity index (χ2n) is 4.21. The predicted octanol–water partition coefficient (Wildman–Crippen LogP) is 0.636. The van der Waals surface area contributed by atoms with Crippen molar-refractivity contribution in [1.29, 1.82) is 0 Å². The number of nitrogens with one attached hydrogen (secondary N) is 1. The first kappa shape index (κ1) is 12.7. The molecule has 5 heteroatoms. The van der Waals surface area contributed by atoms with E-state index in [1.807, 2.05) is 23.1 Å². The molecule has 1 fully saturated rings. The summed E-state index contributed by atoms with van der Waals surface area (Å²) in [7, 11) is 3.24. The maximum absolute atomic E-state index is 11.7. The average Bonchev–Trinajstić information content (AvgIpc) is 2.41. The van der Waals surface area contributed by atoms with Gasteiger partial charge in [-0.2, -0.15) is 0 Å². The van der Waals surface area contributed by atoms with Crippen molar-refractivity contribution in [2.75, 3.05) is 33.9 Å². The Bertz CT molecular complexity index is 412. The van der Waals surface area contributed by atoms with Crippen LogP contribution in [-0.4, -0.2) is 44.7 Å². The molecule has 1 heterocycles. The van der Waals surface area contributed by atoms with Crippen LogP contribution in [0, 0.1) is 0 Å². The van der Waals surface area contributed by atoms with Crippen molar-refractivity contribution < 1.29 is 14.3 Å². The molecule has 1 aliphatic heterocycles. The maximum atomic E-state index is 11.7. The third-order valence-corrected chi connectivity index (χ3v) is 2.97. The molecule has 5 nitrogen and oxygen atoms in total. The highest BCUT2D eigenvalue weighted by Crippen LogP contribution is 2.23. The third kappa shape index (κ3) is 2.92. The lowest BCUT2D eigenvalue weighted by molar-refractivity contribution is -0.132. The molecule has 0 aliphatic carbocycles. The zero-order valence-electron chi connectivity index (χ0n) is 10.7. The Morgan fingerprint density at radius 1 is 1.22 bits per heavy atom. The molecule has 0 radical (unpaired) electrons. The normalized spacial score (nSPS) is 15.7. The largest absolute Gasteiger partial charge is 0.497 e. The first-order valence-electron chi connectivity index (χ1n) is 5.93. The van der Waals surface area contributed by atoms with Crippen molar-refractivity contribution in [3.63, 3.8) is 0 Å². The van der Waals surface area contributed by atoms with Crippen LogP contribution >= 0.6 is 0 Å². The van der Waals surface area contributed by atoms with Gasteiger partial charge in [0.2, 0.25) is 5.91 Å². The van der Waals surface area contributed by atoms with Crippen LogP contribution in [-0.2, 0) is 11.3 Å². The van der Waals surface area contributed by atoms with Crippen LogP contribution < -0.4 is 14.8 Å². The molecular formula is C13H18N2O3. The predicted molar refractivity (Wildman–Crippen MR) is 67.8 cm³/mol. The van der Waals surface area contributed by atoms with Gasteiger partial charge in [0.05, 0.1) is 20.8 Å². The summed E-state index contributed by atoms with van der Waals surface area (Å²) in [6.07, 6.45) is 0. The number of methoxy groups -OCH3 is 2. The molecule has 0 saturated carbocycles. The monoisotopic (exact) mass is 250 g/mol. The lowest BCUT2D eigenvalue weighted by Crippen LogP contribution is -2.47. The fraction of sp³-hybridized carbons (Fsp3) is 0.462. The minimum absolute atomic E-state index is 0.128. The van der Waals surface area contributed by atoms with E-state index in [9.17, 15) is 4.79 Å². The van der Waals surface area contributed by atoms with Gasteiger partial charge >= 0.3 is 0 Å². The van der Waals surface area contributed by atoms with Crippen LogP contribution in [0.2, 0.25) is 0 Å². The Morgan fingerprint density at radius 2 is 1.89 bits per heavy atom. The van der Waals surface area contributed by atoms with E-state index in [4.69, 9.17) is 9.47 Å². The van der Waals surface area contributed by atoms with Crippen molar-refractivity contribution in [3.8, 4) is 11.5 Å². The smallest absolute Gasteiger partial charge is 0.236 e. The van der Waals surface area contributed by atoms with Crippen molar-refractivity contribution in [1.82, 2.24) is 10.2 Å². The molecule has 1 aromatic rings. The number of hydrogen-bond acceptors (Lipinski definition) is 4. The Kier molecular flexibility index (Phi) is 4.04. The summed E-state index contributed by atoms with van der Waals surface area (Å²) < 4.78 is 10.4. The van der Waals surface area contributed by atoms with E-state index in [-0.39, 0.29) is 5.91 Å². The highest BCUT2D eigenvalue weighted by Gasteiger charge is 2.18. The Labute approximate surface area is 107 Å². The summed E-state index contributed by atoms with van der Waals surface area (Å²) in [5, 5.41) is 3.05. The number of benzene rings is 1. The van der Waals surface area contributed by atoms with Gasteiger partial charge in [-0.05, 0) is 17.7 Å². The quantitative estimate of drug-likeness (QED) is 0.852. The average molecular weight is 250 g/mol. The SMILES string of the molecule is COc1cc(CN2CCNCC2=O)cc(OC)c1. The van der Waals surface area contributed by atoms with E-state index in [2.05, 4.69) is 5.32 Å². The van der Waals surface area contributed by atoms with Gasteiger partial charge in [-0.3, -0.25) is 4.79 Å². The standard InChI is InChI=1S/C13H18N2O3/c1-17-11-5-10(6-12(7-11)18-2)9-15-4-3-14-8-13(15)16/h5-7,14H,3-4,8-9H2,1-2H3. The van der Waals surface area contributed by atoms with E-state index in [0.717, 1.165) is 30.2 Å². The molecule has 2 rings (SSSR count). The first-order valence-corrected chi connectivity index (χ1v) is 5.93. The lowest BCUT2D eigenvalue weighted by atomic mass is 10.1. The molecule has 0 atom stereocenters. The summed E-state index contributed by atoms with van der Waals surface area (Å²) in [4.78, 5) is 13.5. The molecule has 1 amide bonds. The third-order valence-electron chi connectivity index (χ3n) is 2.97. The number of nitrogens with zero attached hydrogens (tertiary/aromatic N) is 1. The van der Waals surface area contributed by atoms with Crippen LogP contribution in [0.5, 0.6) is 11.5 Å². The summed E-state index contributed by atoms with van der Waals surface area (Å²) in [5.41, 5.74) is 1.02. The van der Waals surface area contributed by atoms with Crippen LogP contribution in [0.15, 0.2) is 18.2 Å².